The van der Waals surface area contributed by atoms with E-state index in [2.05, 4.69) is 48.3 Å². The van der Waals surface area contributed by atoms with Gasteiger partial charge in [0, 0.05) is 18.0 Å². The first kappa shape index (κ1) is 12.8. The highest BCUT2D eigenvalue weighted by molar-refractivity contribution is 7.99. The van der Waals surface area contributed by atoms with Crippen LogP contribution < -0.4 is 5.32 Å². The van der Waals surface area contributed by atoms with E-state index in [1.54, 1.807) is 0 Å². The Balaban J connectivity index is 1.56. The molecule has 2 heteroatoms. The standard InChI is InChI=1S/C15H23NS/c1-13-5-4-8-15(11-13)16-9-10-17-12-14-6-2-3-7-14/h4-5,8,11,14,16H,2-3,6-7,9-10,12H2,1H3. The first-order chi connectivity index (χ1) is 8.34. The van der Waals surface area contributed by atoms with Crippen molar-refractivity contribution in [2.24, 2.45) is 5.92 Å². The third-order valence-electron chi connectivity index (χ3n) is 3.42. The number of anilines is 1. The molecule has 0 atom stereocenters. The molecule has 17 heavy (non-hydrogen) atoms. The van der Waals surface area contributed by atoms with E-state index in [0.29, 0.717) is 0 Å². The van der Waals surface area contributed by atoms with Crippen LogP contribution in [0.25, 0.3) is 0 Å². The second kappa shape index (κ2) is 6.95. The summed E-state index contributed by atoms with van der Waals surface area (Å²) in [5, 5.41) is 3.49. The smallest absolute Gasteiger partial charge is 0.0343 e. The summed E-state index contributed by atoms with van der Waals surface area (Å²) < 4.78 is 0. The molecule has 0 radical (unpaired) electrons. The van der Waals surface area contributed by atoms with Crippen LogP contribution in [0.2, 0.25) is 0 Å². The van der Waals surface area contributed by atoms with Crippen molar-refractivity contribution in [1.29, 1.82) is 0 Å². The van der Waals surface area contributed by atoms with Crippen molar-refractivity contribution in [3.63, 3.8) is 0 Å². The topological polar surface area (TPSA) is 12.0 Å². The van der Waals surface area contributed by atoms with Crippen LogP contribution in [-0.2, 0) is 0 Å². The molecule has 0 aromatic heterocycles. The van der Waals surface area contributed by atoms with Crippen molar-refractivity contribution in [2.45, 2.75) is 32.6 Å². The number of nitrogens with one attached hydrogen (secondary N) is 1. The average molecular weight is 249 g/mol. The Hall–Kier alpha value is -0.630. The highest BCUT2D eigenvalue weighted by Gasteiger charge is 2.14. The molecule has 0 unspecified atom stereocenters. The molecule has 1 saturated carbocycles. The Kier molecular flexibility index (Phi) is 5.24. The summed E-state index contributed by atoms with van der Waals surface area (Å²) in [4.78, 5) is 0. The molecule has 0 saturated heterocycles. The molecule has 0 amide bonds. The Labute approximate surface area is 109 Å². The number of hydrogen-bond donors (Lipinski definition) is 1. The van der Waals surface area contributed by atoms with Gasteiger partial charge in [-0.05, 0) is 49.1 Å². The number of thioether (sulfide) groups is 1. The molecule has 1 aliphatic carbocycles. The highest BCUT2D eigenvalue weighted by atomic mass is 32.2. The molecule has 0 heterocycles. The lowest BCUT2D eigenvalue weighted by Crippen LogP contribution is -2.06. The van der Waals surface area contributed by atoms with Gasteiger partial charge in [0.2, 0.25) is 0 Å². The van der Waals surface area contributed by atoms with E-state index in [9.17, 15) is 0 Å². The van der Waals surface area contributed by atoms with E-state index >= 15 is 0 Å². The Morgan fingerprint density at radius 1 is 1.29 bits per heavy atom. The fourth-order valence-corrected chi connectivity index (χ4v) is 3.53. The Morgan fingerprint density at radius 3 is 2.88 bits per heavy atom. The zero-order valence-corrected chi connectivity index (χ0v) is 11.6. The minimum absolute atomic E-state index is 1.01. The monoisotopic (exact) mass is 249 g/mol. The SMILES string of the molecule is Cc1cccc(NCCSCC2CCCC2)c1. The third-order valence-corrected chi connectivity index (χ3v) is 4.62. The molecule has 94 valence electrons. The van der Waals surface area contributed by atoms with Gasteiger partial charge in [0.05, 0.1) is 0 Å². The van der Waals surface area contributed by atoms with Gasteiger partial charge in [0.1, 0.15) is 0 Å². The molecule has 1 fully saturated rings. The first-order valence-corrected chi connectivity index (χ1v) is 7.88. The van der Waals surface area contributed by atoms with Crippen LogP contribution in [-0.4, -0.2) is 18.1 Å². The van der Waals surface area contributed by atoms with Gasteiger partial charge in [-0.3, -0.25) is 0 Å². The summed E-state index contributed by atoms with van der Waals surface area (Å²) in [6, 6.07) is 8.61. The summed E-state index contributed by atoms with van der Waals surface area (Å²) >= 11 is 2.11. The van der Waals surface area contributed by atoms with Gasteiger partial charge in [-0.2, -0.15) is 11.8 Å². The molecule has 0 spiro atoms. The molecule has 1 aromatic rings. The summed E-state index contributed by atoms with van der Waals surface area (Å²) in [5.41, 5.74) is 2.58. The summed E-state index contributed by atoms with van der Waals surface area (Å²) in [7, 11) is 0. The molecule has 1 N–H and O–H groups in total. The second-order valence-corrected chi connectivity index (χ2v) is 6.17. The van der Waals surface area contributed by atoms with E-state index in [4.69, 9.17) is 0 Å². The highest BCUT2D eigenvalue weighted by Crippen LogP contribution is 2.27. The largest absolute Gasteiger partial charge is 0.384 e. The van der Waals surface area contributed by atoms with E-state index < -0.39 is 0 Å². The van der Waals surface area contributed by atoms with Crippen molar-refractivity contribution in [3.8, 4) is 0 Å². The number of rotatable bonds is 6. The zero-order chi connectivity index (χ0) is 11.9. The Morgan fingerprint density at radius 2 is 2.12 bits per heavy atom. The molecule has 2 rings (SSSR count). The maximum Gasteiger partial charge on any atom is 0.0343 e. The third kappa shape index (κ3) is 4.63. The van der Waals surface area contributed by atoms with Crippen molar-refractivity contribution in [1.82, 2.24) is 0 Å². The van der Waals surface area contributed by atoms with Crippen LogP contribution in [0.5, 0.6) is 0 Å². The minimum Gasteiger partial charge on any atom is -0.384 e. The second-order valence-electron chi connectivity index (χ2n) is 5.02. The fourth-order valence-electron chi connectivity index (χ4n) is 2.45. The lowest BCUT2D eigenvalue weighted by Gasteiger charge is -2.09. The lowest BCUT2D eigenvalue weighted by atomic mass is 10.1. The molecule has 1 aliphatic rings. The summed E-state index contributed by atoms with van der Waals surface area (Å²) in [5.74, 6) is 3.61. The fraction of sp³-hybridized carbons (Fsp3) is 0.600. The molecular weight excluding hydrogens is 226 g/mol. The van der Waals surface area contributed by atoms with Gasteiger partial charge in [0.25, 0.3) is 0 Å². The van der Waals surface area contributed by atoms with Crippen molar-refractivity contribution >= 4 is 17.4 Å². The average Bonchev–Trinajstić information content (AvgIpc) is 2.82. The number of benzene rings is 1. The number of hydrogen-bond acceptors (Lipinski definition) is 2. The molecule has 1 aromatic carbocycles. The molecule has 1 nitrogen and oxygen atoms in total. The van der Waals surface area contributed by atoms with Crippen molar-refractivity contribution in [3.05, 3.63) is 29.8 Å². The van der Waals surface area contributed by atoms with Crippen LogP contribution in [0.1, 0.15) is 31.2 Å². The van der Waals surface area contributed by atoms with Gasteiger partial charge in [-0.15, -0.1) is 0 Å². The van der Waals surface area contributed by atoms with Crippen LogP contribution >= 0.6 is 11.8 Å². The molecule has 0 aliphatic heterocycles. The first-order valence-electron chi connectivity index (χ1n) is 6.73. The summed E-state index contributed by atoms with van der Waals surface area (Å²) in [6.45, 7) is 3.22. The van der Waals surface area contributed by atoms with Gasteiger partial charge in [-0.1, -0.05) is 25.0 Å². The Bertz CT molecular complexity index is 331. The van der Waals surface area contributed by atoms with Gasteiger partial charge in [-0.25, -0.2) is 0 Å². The van der Waals surface area contributed by atoms with E-state index in [1.165, 1.54) is 48.4 Å². The van der Waals surface area contributed by atoms with Gasteiger partial charge in [0.15, 0.2) is 0 Å². The predicted octanol–water partition coefficient (Wildman–Crippen LogP) is 4.33. The van der Waals surface area contributed by atoms with E-state index in [0.717, 1.165) is 12.5 Å². The minimum atomic E-state index is 1.01. The van der Waals surface area contributed by atoms with Gasteiger partial charge < -0.3 is 5.32 Å². The van der Waals surface area contributed by atoms with Crippen LogP contribution in [0.4, 0.5) is 5.69 Å². The molecule has 0 bridgehead atoms. The normalized spacial score (nSPS) is 16.3. The quantitative estimate of drug-likeness (QED) is 0.753. The van der Waals surface area contributed by atoms with E-state index in [1.807, 2.05) is 0 Å². The maximum absolute atomic E-state index is 3.49. The van der Waals surface area contributed by atoms with Crippen molar-refractivity contribution < 1.29 is 0 Å². The lowest BCUT2D eigenvalue weighted by molar-refractivity contribution is 0.623. The van der Waals surface area contributed by atoms with Crippen LogP contribution in [0, 0.1) is 12.8 Å². The molecular formula is C15H23NS. The van der Waals surface area contributed by atoms with Crippen molar-refractivity contribution in [2.75, 3.05) is 23.4 Å². The summed E-state index contributed by atoms with van der Waals surface area (Å²) in [6.07, 6.45) is 5.87. The van der Waals surface area contributed by atoms with E-state index in [-0.39, 0.29) is 0 Å². The predicted molar refractivity (Wildman–Crippen MR) is 79.0 cm³/mol. The number of aryl methyl sites for hydroxylation is 1. The van der Waals surface area contributed by atoms with Crippen LogP contribution in [0.15, 0.2) is 24.3 Å². The van der Waals surface area contributed by atoms with Gasteiger partial charge >= 0.3 is 0 Å². The van der Waals surface area contributed by atoms with Crippen LogP contribution in [0.3, 0.4) is 0 Å². The zero-order valence-electron chi connectivity index (χ0n) is 10.7. The maximum atomic E-state index is 3.49.